The Morgan fingerprint density at radius 1 is 1.04 bits per heavy atom. The zero-order chi connectivity index (χ0) is 20.7. The Balaban J connectivity index is 1.89. The average Bonchev–Trinajstić information content (AvgIpc) is 2.70. The molecule has 0 saturated heterocycles. The highest BCUT2D eigenvalue weighted by molar-refractivity contribution is 7.89. The summed E-state index contributed by atoms with van der Waals surface area (Å²) in [6.45, 7) is 1.58. The van der Waals surface area contributed by atoms with Crippen molar-refractivity contribution in [1.29, 1.82) is 0 Å². The van der Waals surface area contributed by atoms with Crippen molar-refractivity contribution in [3.63, 3.8) is 0 Å². The van der Waals surface area contributed by atoms with Crippen LogP contribution in [0, 0.1) is 6.92 Å². The number of nitrogens with zero attached hydrogens (tertiary/aromatic N) is 1. The number of carbonyl (C=O) groups excluding carboxylic acids is 2. The zero-order valence-electron chi connectivity index (χ0n) is 15.6. The first kappa shape index (κ1) is 21.4. The maximum atomic E-state index is 12.1. The highest BCUT2D eigenvalue weighted by Crippen LogP contribution is 2.16. The lowest BCUT2D eigenvalue weighted by Crippen LogP contribution is -2.43. The molecule has 2 rings (SSSR count). The summed E-state index contributed by atoms with van der Waals surface area (Å²) in [6.07, 6.45) is 0. The second-order valence-corrected chi connectivity index (χ2v) is 7.61. The number of ether oxygens (including phenoxy) is 1. The van der Waals surface area contributed by atoms with E-state index in [0.717, 1.165) is 5.56 Å². The maximum Gasteiger partial charge on any atom is 0.276 e. The quantitative estimate of drug-likeness (QED) is 0.663. The minimum atomic E-state index is -3.80. The minimum absolute atomic E-state index is 0.0379. The fraction of sp³-hybridized carbons (Fsp3) is 0.222. The number of hydrogen-bond acceptors (Lipinski definition) is 6. The predicted molar refractivity (Wildman–Crippen MR) is 101 cm³/mol. The van der Waals surface area contributed by atoms with E-state index in [-0.39, 0.29) is 17.1 Å². The Kier molecular flexibility index (Phi) is 7.10. The Bertz CT molecular complexity index is 944. The molecule has 2 amide bonds. The van der Waals surface area contributed by atoms with Gasteiger partial charge in [0.1, 0.15) is 5.75 Å². The summed E-state index contributed by atoms with van der Waals surface area (Å²) in [5.74, 6) is -0.576. The van der Waals surface area contributed by atoms with E-state index < -0.39 is 21.8 Å². The molecule has 0 atom stereocenters. The molecule has 0 aliphatic carbocycles. The van der Waals surface area contributed by atoms with Gasteiger partial charge in [0, 0.05) is 12.6 Å². The Hall–Kier alpha value is -2.95. The van der Waals surface area contributed by atoms with Crippen LogP contribution < -0.4 is 15.6 Å². The van der Waals surface area contributed by atoms with Crippen LogP contribution in [-0.4, -0.2) is 45.5 Å². The van der Waals surface area contributed by atoms with Crippen molar-refractivity contribution in [2.75, 3.05) is 20.8 Å². The summed E-state index contributed by atoms with van der Waals surface area (Å²) in [5.41, 5.74) is 5.52. The number of aryl methyl sites for hydroxylation is 1. The summed E-state index contributed by atoms with van der Waals surface area (Å²) in [5, 5.41) is 0. The highest BCUT2D eigenvalue weighted by Gasteiger charge is 2.21. The number of hydrazine groups is 1. The topological polar surface area (TPSA) is 114 Å². The molecular weight excluding hydrogens is 386 g/mol. The number of hydroxylamine groups is 1. The molecule has 0 aromatic heterocycles. The van der Waals surface area contributed by atoms with Crippen molar-refractivity contribution in [3.8, 4) is 5.75 Å². The van der Waals surface area contributed by atoms with Gasteiger partial charge in [0.15, 0.2) is 6.61 Å². The number of para-hydroxylation sites is 1. The lowest BCUT2D eigenvalue weighted by Gasteiger charge is -2.14. The second-order valence-electron chi connectivity index (χ2n) is 5.68. The standard InChI is InChI=1S/C18H21N3O6S/c1-13-6-4-5-7-16(13)27-12-17(22)19-20-18(23)14-8-10-15(11-9-14)28(24,25)21(2)26-3/h4-11H,12H2,1-3H3,(H,19,22)(H,20,23). The zero-order valence-corrected chi connectivity index (χ0v) is 16.4. The largest absolute Gasteiger partial charge is 0.483 e. The van der Waals surface area contributed by atoms with E-state index in [1.165, 1.54) is 38.4 Å². The van der Waals surface area contributed by atoms with Crippen molar-refractivity contribution in [1.82, 2.24) is 15.3 Å². The molecule has 28 heavy (non-hydrogen) atoms. The highest BCUT2D eigenvalue weighted by atomic mass is 32.2. The number of nitrogens with one attached hydrogen (secondary N) is 2. The number of amides is 2. The summed E-state index contributed by atoms with van der Waals surface area (Å²) >= 11 is 0. The number of rotatable bonds is 7. The Labute approximate surface area is 163 Å². The summed E-state index contributed by atoms with van der Waals surface area (Å²) in [6, 6.07) is 12.4. The van der Waals surface area contributed by atoms with Crippen LogP contribution >= 0.6 is 0 Å². The molecule has 0 unspecified atom stereocenters. The minimum Gasteiger partial charge on any atom is -0.483 e. The molecule has 0 spiro atoms. The number of carbonyl (C=O) groups is 2. The molecule has 0 heterocycles. The van der Waals surface area contributed by atoms with Gasteiger partial charge in [0.2, 0.25) is 0 Å². The van der Waals surface area contributed by atoms with Gasteiger partial charge >= 0.3 is 0 Å². The molecule has 0 aliphatic heterocycles. The van der Waals surface area contributed by atoms with Crippen LogP contribution in [0.4, 0.5) is 0 Å². The molecule has 10 heteroatoms. The first-order valence-corrected chi connectivity index (χ1v) is 9.60. The van der Waals surface area contributed by atoms with Gasteiger partial charge in [-0.2, -0.15) is 0 Å². The van der Waals surface area contributed by atoms with Gasteiger partial charge in [0.25, 0.3) is 21.8 Å². The van der Waals surface area contributed by atoms with E-state index >= 15 is 0 Å². The van der Waals surface area contributed by atoms with Crippen LogP contribution in [0.25, 0.3) is 0 Å². The van der Waals surface area contributed by atoms with Crippen LogP contribution in [0.5, 0.6) is 5.75 Å². The summed E-state index contributed by atoms with van der Waals surface area (Å²) in [4.78, 5) is 28.5. The monoisotopic (exact) mass is 407 g/mol. The molecule has 0 aliphatic rings. The first-order chi connectivity index (χ1) is 13.3. The van der Waals surface area contributed by atoms with Crippen LogP contribution in [0.3, 0.4) is 0 Å². The number of sulfonamides is 1. The van der Waals surface area contributed by atoms with E-state index in [2.05, 4.69) is 15.7 Å². The SMILES string of the molecule is CON(C)S(=O)(=O)c1ccc(C(=O)NNC(=O)COc2ccccc2C)cc1. The molecule has 150 valence electrons. The van der Waals surface area contributed by atoms with Crippen LogP contribution in [0.2, 0.25) is 0 Å². The van der Waals surface area contributed by atoms with Crippen LogP contribution in [0.1, 0.15) is 15.9 Å². The van der Waals surface area contributed by atoms with Gasteiger partial charge in [0.05, 0.1) is 12.0 Å². The predicted octanol–water partition coefficient (Wildman–Crippen LogP) is 1.02. The fourth-order valence-electron chi connectivity index (χ4n) is 2.12. The lowest BCUT2D eigenvalue weighted by atomic mass is 10.2. The van der Waals surface area contributed by atoms with E-state index in [9.17, 15) is 18.0 Å². The smallest absolute Gasteiger partial charge is 0.276 e. The summed E-state index contributed by atoms with van der Waals surface area (Å²) < 4.78 is 30.3. The molecular formula is C18H21N3O6S. The molecule has 2 aromatic carbocycles. The molecule has 0 bridgehead atoms. The normalized spacial score (nSPS) is 11.1. The summed E-state index contributed by atoms with van der Waals surface area (Å²) in [7, 11) is -1.32. The molecule has 2 aromatic rings. The third-order valence-corrected chi connectivity index (χ3v) is 5.47. The van der Waals surface area contributed by atoms with Crippen molar-refractivity contribution >= 4 is 21.8 Å². The third kappa shape index (κ3) is 5.28. The van der Waals surface area contributed by atoms with Crippen molar-refractivity contribution in [3.05, 3.63) is 59.7 Å². The van der Waals surface area contributed by atoms with Gasteiger partial charge in [-0.3, -0.25) is 25.3 Å². The molecule has 9 nitrogen and oxygen atoms in total. The van der Waals surface area contributed by atoms with Crippen molar-refractivity contribution in [2.45, 2.75) is 11.8 Å². The third-order valence-electron chi connectivity index (χ3n) is 3.78. The van der Waals surface area contributed by atoms with Crippen molar-refractivity contribution < 1.29 is 27.6 Å². The molecule has 0 fully saturated rings. The number of hydrogen-bond donors (Lipinski definition) is 2. The van der Waals surface area contributed by atoms with Gasteiger partial charge in [-0.25, -0.2) is 8.42 Å². The van der Waals surface area contributed by atoms with E-state index in [4.69, 9.17) is 4.74 Å². The van der Waals surface area contributed by atoms with Crippen molar-refractivity contribution in [2.24, 2.45) is 0 Å². The van der Waals surface area contributed by atoms with E-state index in [1.807, 2.05) is 19.1 Å². The van der Waals surface area contributed by atoms with Gasteiger partial charge < -0.3 is 4.74 Å². The lowest BCUT2D eigenvalue weighted by molar-refractivity contribution is -0.123. The number of benzene rings is 2. The van der Waals surface area contributed by atoms with E-state index in [1.54, 1.807) is 12.1 Å². The molecule has 2 N–H and O–H groups in total. The van der Waals surface area contributed by atoms with Gasteiger partial charge in [-0.15, -0.1) is 0 Å². The average molecular weight is 407 g/mol. The van der Waals surface area contributed by atoms with Gasteiger partial charge in [-0.05, 0) is 42.8 Å². The van der Waals surface area contributed by atoms with Crippen LogP contribution in [-0.2, 0) is 19.7 Å². The van der Waals surface area contributed by atoms with Crippen LogP contribution in [0.15, 0.2) is 53.4 Å². The first-order valence-electron chi connectivity index (χ1n) is 8.16. The van der Waals surface area contributed by atoms with Gasteiger partial charge in [-0.1, -0.05) is 22.7 Å². The Morgan fingerprint density at radius 3 is 2.29 bits per heavy atom. The molecule has 0 saturated carbocycles. The maximum absolute atomic E-state index is 12.1. The molecule has 0 radical (unpaired) electrons. The Morgan fingerprint density at radius 2 is 1.68 bits per heavy atom. The van der Waals surface area contributed by atoms with E-state index in [0.29, 0.717) is 10.2 Å². The fourth-order valence-corrected chi connectivity index (χ4v) is 3.09. The second kappa shape index (κ2) is 9.31.